The van der Waals surface area contributed by atoms with Gasteiger partial charge in [-0.2, -0.15) is 5.10 Å². The van der Waals surface area contributed by atoms with Gasteiger partial charge in [-0.05, 0) is 31.2 Å². The SMILES string of the molecule is C[C@H](CO)N(CC(=O)NCc1cccc(Cl)c1F)C(=O)Cn1nc(C(N)=O)c2cc(C(N)=O)ccc21. The zero-order chi connectivity index (χ0) is 26.6. The molecule has 36 heavy (non-hydrogen) atoms. The Bertz CT molecular complexity index is 1340. The van der Waals surface area contributed by atoms with Crippen LogP contribution >= 0.6 is 11.6 Å². The predicted octanol–water partition coefficient (Wildman–Crippen LogP) is 0.552. The summed E-state index contributed by atoms with van der Waals surface area (Å²) in [7, 11) is 0. The number of nitrogens with zero attached hydrogens (tertiary/aromatic N) is 3. The fraction of sp³-hybridized carbons (Fsp3) is 0.261. The third-order valence-corrected chi connectivity index (χ3v) is 5.78. The van der Waals surface area contributed by atoms with Crippen molar-refractivity contribution in [3.05, 3.63) is 64.1 Å². The highest BCUT2D eigenvalue weighted by Gasteiger charge is 2.25. The molecule has 0 aliphatic heterocycles. The molecule has 0 aliphatic carbocycles. The van der Waals surface area contributed by atoms with E-state index in [9.17, 15) is 28.7 Å². The summed E-state index contributed by atoms with van der Waals surface area (Å²) in [5, 5.41) is 16.4. The van der Waals surface area contributed by atoms with Gasteiger partial charge in [-0.3, -0.25) is 23.9 Å². The molecule has 0 saturated carbocycles. The van der Waals surface area contributed by atoms with Crippen LogP contribution in [0.3, 0.4) is 0 Å². The molecule has 6 N–H and O–H groups in total. The molecule has 2 aromatic carbocycles. The quantitative estimate of drug-likeness (QED) is 0.305. The fourth-order valence-electron chi connectivity index (χ4n) is 3.53. The molecule has 0 bridgehead atoms. The van der Waals surface area contributed by atoms with E-state index < -0.39 is 55.2 Å². The van der Waals surface area contributed by atoms with Gasteiger partial charge in [0.1, 0.15) is 12.4 Å². The number of aliphatic hydroxyl groups is 1. The van der Waals surface area contributed by atoms with Crippen molar-refractivity contribution in [2.45, 2.75) is 26.1 Å². The van der Waals surface area contributed by atoms with Gasteiger partial charge in [0.05, 0.1) is 29.7 Å². The zero-order valence-electron chi connectivity index (χ0n) is 19.2. The van der Waals surface area contributed by atoms with Gasteiger partial charge in [0.15, 0.2) is 5.69 Å². The first-order chi connectivity index (χ1) is 17.0. The molecule has 0 aliphatic rings. The van der Waals surface area contributed by atoms with Crippen LogP contribution in [0.5, 0.6) is 0 Å². The Kier molecular flexibility index (Phi) is 8.22. The third-order valence-electron chi connectivity index (χ3n) is 5.49. The number of aromatic nitrogens is 2. The second kappa shape index (κ2) is 11.1. The Labute approximate surface area is 209 Å². The largest absolute Gasteiger partial charge is 0.394 e. The number of carbonyl (C=O) groups excluding carboxylic acids is 4. The van der Waals surface area contributed by atoms with E-state index in [-0.39, 0.29) is 33.8 Å². The highest BCUT2D eigenvalue weighted by atomic mass is 35.5. The van der Waals surface area contributed by atoms with E-state index in [1.807, 2.05) is 0 Å². The summed E-state index contributed by atoms with van der Waals surface area (Å²) in [4.78, 5) is 50.2. The number of rotatable bonds is 10. The van der Waals surface area contributed by atoms with Crippen molar-refractivity contribution in [3.63, 3.8) is 0 Å². The van der Waals surface area contributed by atoms with E-state index in [4.69, 9.17) is 23.1 Å². The highest BCUT2D eigenvalue weighted by Crippen LogP contribution is 2.21. The number of aliphatic hydroxyl groups excluding tert-OH is 1. The minimum atomic E-state index is -0.874. The fourth-order valence-corrected chi connectivity index (χ4v) is 3.73. The van der Waals surface area contributed by atoms with E-state index in [0.29, 0.717) is 5.52 Å². The molecule has 1 heterocycles. The van der Waals surface area contributed by atoms with Crippen LogP contribution in [0.25, 0.3) is 10.9 Å². The predicted molar refractivity (Wildman–Crippen MR) is 128 cm³/mol. The molecule has 13 heteroatoms. The lowest BCUT2D eigenvalue weighted by Gasteiger charge is -2.27. The van der Waals surface area contributed by atoms with Crippen molar-refractivity contribution in [2.24, 2.45) is 11.5 Å². The standard InChI is InChI=1S/C23H24ClFN6O5/c1-12(11-32)30(9-18(33)28-8-14-3-2-4-16(24)20(14)25)19(34)10-31-17-6-5-13(22(26)35)7-15(17)21(29-31)23(27)36/h2-7,12,32H,8-11H2,1H3,(H2,26,35)(H2,27,36)(H,28,33)/t12-/m1/s1. The van der Waals surface area contributed by atoms with Gasteiger partial charge in [-0.25, -0.2) is 4.39 Å². The van der Waals surface area contributed by atoms with Crippen LogP contribution in [0, 0.1) is 5.82 Å². The number of benzene rings is 2. The molecule has 0 radical (unpaired) electrons. The van der Waals surface area contributed by atoms with Gasteiger partial charge < -0.3 is 26.8 Å². The first-order valence-corrected chi connectivity index (χ1v) is 11.1. The summed E-state index contributed by atoms with van der Waals surface area (Å²) in [6.45, 7) is 0.110. The Morgan fingerprint density at radius 2 is 1.92 bits per heavy atom. The number of primary amides is 2. The summed E-state index contributed by atoms with van der Waals surface area (Å²) in [6.07, 6.45) is 0. The Hall–Kier alpha value is -4.03. The third kappa shape index (κ3) is 5.78. The van der Waals surface area contributed by atoms with E-state index >= 15 is 0 Å². The lowest BCUT2D eigenvalue weighted by Crippen LogP contribution is -2.47. The van der Waals surface area contributed by atoms with Crippen molar-refractivity contribution in [2.75, 3.05) is 13.2 Å². The molecule has 3 aromatic rings. The molecule has 1 atom stereocenters. The second-order valence-corrected chi connectivity index (χ2v) is 8.42. The maximum absolute atomic E-state index is 14.1. The van der Waals surface area contributed by atoms with Crippen molar-refractivity contribution in [1.82, 2.24) is 20.0 Å². The number of hydrogen-bond donors (Lipinski definition) is 4. The van der Waals surface area contributed by atoms with Crippen molar-refractivity contribution >= 4 is 46.1 Å². The number of hydrogen-bond acceptors (Lipinski definition) is 6. The minimum Gasteiger partial charge on any atom is -0.394 e. The van der Waals surface area contributed by atoms with Crippen molar-refractivity contribution < 1.29 is 28.7 Å². The number of nitrogens with one attached hydrogen (secondary N) is 1. The first kappa shape index (κ1) is 26.6. The van der Waals surface area contributed by atoms with Gasteiger partial charge in [0.2, 0.25) is 17.7 Å². The van der Waals surface area contributed by atoms with E-state index in [0.717, 1.165) is 4.90 Å². The Morgan fingerprint density at radius 3 is 2.56 bits per heavy atom. The minimum absolute atomic E-state index is 0.0859. The summed E-state index contributed by atoms with van der Waals surface area (Å²) >= 11 is 5.75. The van der Waals surface area contributed by atoms with Gasteiger partial charge in [-0.15, -0.1) is 0 Å². The molecular weight excluding hydrogens is 495 g/mol. The van der Waals surface area contributed by atoms with Crippen LogP contribution < -0.4 is 16.8 Å². The molecule has 0 fully saturated rings. The maximum atomic E-state index is 14.1. The van der Waals surface area contributed by atoms with Crippen LogP contribution in [0.15, 0.2) is 36.4 Å². The van der Waals surface area contributed by atoms with E-state index in [1.165, 1.54) is 48.0 Å². The van der Waals surface area contributed by atoms with Gasteiger partial charge in [0, 0.05) is 23.1 Å². The van der Waals surface area contributed by atoms with Gasteiger partial charge in [-0.1, -0.05) is 23.7 Å². The molecule has 11 nitrogen and oxygen atoms in total. The van der Waals surface area contributed by atoms with Crippen molar-refractivity contribution in [3.8, 4) is 0 Å². The number of nitrogens with two attached hydrogens (primary N) is 2. The molecule has 190 valence electrons. The average molecular weight is 519 g/mol. The lowest BCUT2D eigenvalue weighted by molar-refractivity contribution is -0.139. The van der Waals surface area contributed by atoms with E-state index in [1.54, 1.807) is 0 Å². The van der Waals surface area contributed by atoms with Gasteiger partial charge >= 0.3 is 0 Å². The number of halogens is 2. The topological polar surface area (TPSA) is 174 Å². The first-order valence-electron chi connectivity index (χ1n) is 10.7. The van der Waals surface area contributed by atoms with Crippen LogP contribution in [0.2, 0.25) is 5.02 Å². The normalized spacial score (nSPS) is 11.8. The molecule has 0 saturated heterocycles. The summed E-state index contributed by atoms with van der Waals surface area (Å²) in [6, 6.07) is 7.86. The van der Waals surface area contributed by atoms with Crippen LogP contribution in [-0.2, 0) is 22.7 Å². The smallest absolute Gasteiger partial charge is 0.269 e. The second-order valence-electron chi connectivity index (χ2n) is 8.01. The van der Waals surface area contributed by atoms with Crippen LogP contribution in [-0.4, -0.2) is 62.6 Å². The number of amides is 4. The van der Waals surface area contributed by atoms with E-state index in [2.05, 4.69) is 10.4 Å². The average Bonchev–Trinajstić information content (AvgIpc) is 3.20. The lowest BCUT2D eigenvalue weighted by atomic mass is 10.1. The Morgan fingerprint density at radius 1 is 1.19 bits per heavy atom. The summed E-state index contributed by atoms with van der Waals surface area (Å²) in [5.41, 5.74) is 11.2. The Balaban J connectivity index is 1.80. The van der Waals surface area contributed by atoms with Gasteiger partial charge in [0.25, 0.3) is 5.91 Å². The molecule has 1 aromatic heterocycles. The number of carbonyl (C=O) groups is 4. The summed E-state index contributed by atoms with van der Waals surface area (Å²) in [5.74, 6) is -3.45. The van der Waals surface area contributed by atoms with Crippen molar-refractivity contribution in [1.29, 1.82) is 0 Å². The number of fused-ring (bicyclic) bond motifs is 1. The molecule has 4 amide bonds. The molecule has 0 spiro atoms. The molecular formula is C23H24ClFN6O5. The maximum Gasteiger partial charge on any atom is 0.269 e. The van der Waals surface area contributed by atoms with Crippen LogP contribution in [0.4, 0.5) is 4.39 Å². The van der Waals surface area contributed by atoms with Crippen LogP contribution in [0.1, 0.15) is 33.3 Å². The molecule has 0 unspecified atom stereocenters. The highest BCUT2D eigenvalue weighted by molar-refractivity contribution is 6.30. The monoisotopic (exact) mass is 518 g/mol. The molecule has 3 rings (SSSR count). The zero-order valence-corrected chi connectivity index (χ0v) is 20.0. The summed E-state index contributed by atoms with van der Waals surface area (Å²) < 4.78 is 15.3.